The Morgan fingerprint density at radius 3 is 2.21 bits per heavy atom. The van der Waals surface area contributed by atoms with Crippen molar-refractivity contribution >= 4 is 0 Å². The molecule has 0 saturated carbocycles. The lowest BCUT2D eigenvalue weighted by Gasteiger charge is -2.11. The van der Waals surface area contributed by atoms with Crippen molar-refractivity contribution in [3.05, 3.63) is 35.4 Å². The van der Waals surface area contributed by atoms with Crippen LogP contribution in [0.1, 0.15) is 11.1 Å². The standard InChI is InChI=1S/C10H12F3N/c1-14-7-9-5-3-2-4-8(9)6-10(11,12)13/h2-5,14H,6-7H2,1H3. The third kappa shape index (κ3) is 3.38. The maximum atomic E-state index is 12.1. The fourth-order valence-electron chi connectivity index (χ4n) is 1.31. The highest BCUT2D eigenvalue weighted by Crippen LogP contribution is 2.23. The van der Waals surface area contributed by atoms with Crippen LogP contribution >= 0.6 is 0 Å². The SMILES string of the molecule is CNCc1ccccc1CC(F)(F)F. The second-order valence-electron chi connectivity index (χ2n) is 3.09. The Hall–Kier alpha value is -1.03. The molecule has 1 rings (SSSR count). The molecule has 0 radical (unpaired) electrons. The minimum atomic E-state index is -4.14. The van der Waals surface area contributed by atoms with Gasteiger partial charge in [-0.05, 0) is 18.2 Å². The first-order valence-electron chi connectivity index (χ1n) is 4.31. The third-order valence-electron chi connectivity index (χ3n) is 1.88. The summed E-state index contributed by atoms with van der Waals surface area (Å²) < 4.78 is 36.4. The first kappa shape index (κ1) is 11.0. The molecule has 1 aromatic carbocycles. The zero-order chi connectivity index (χ0) is 10.6. The van der Waals surface area contributed by atoms with E-state index < -0.39 is 12.6 Å². The molecule has 0 atom stereocenters. The molecule has 0 fully saturated rings. The minimum Gasteiger partial charge on any atom is -0.316 e. The molecular formula is C10H12F3N. The van der Waals surface area contributed by atoms with E-state index in [0.29, 0.717) is 17.7 Å². The molecule has 78 valence electrons. The smallest absolute Gasteiger partial charge is 0.316 e. The molecule has 0 heterocycles. The number of rotatable bonds is 3. The van der Waals surface area contributed by atoms with Crippen molar-refractivity contribution in [3.8, 4) is 0 Å². The highest BCUT2D eigenvalue weighted by Gasteiger charge is 2.28. The van der Waals surface area contributed by atoms with E-state index in [1.165, 1.54) is 6.07 Å². The molecule has 14 heavy (non-hydrogen) atoms. The van der Waals surface area contributed by atoms with Crippen molar-refractivity contribution in [3.63, 3.8) is 0 Å². The average Bonchev–Trinajstić information content (AvgIpc) is 2.06. The minimum absolute atomic E-state index is 0.342. The summed E-state index contributed by atoms with van der Waals surface area (Å²) >= 11 is 0. The second-order valence-corrected chi connectivity index (χ2v) is 3.09. The molecule has 1 nitrogen and oxygen atoms in total. The zero-order valence-electron chi connectivity index (χ0n) is 7.86. The summed E-state index contributed by atoms with van der Waals surface area (Å²) in [5.74, 6) is 0. The van der Waals surface area contributed by atoms with Gasteiger partial charge in [0.25, 0.3) is 0 Å². The van der Waals surface area contributed by atoms with Crippen LogP contribution < -0.4 is 5.32 Å². The Morgan fingerprint density at radius 2 is 1.71 bits per heavy atom. The Morgan fingerprint density at radius 1 is 1.14 bits per heavy atom. The van der Waals surface area contributed by atoms with E-state index in [0.717, 1.165) is 0 Å². The van der Waals surface area contributed by atoms with E-state index in [4.69, 9.17) is 0 Å². The zero-order valence-corrected chi connectivity index (χ0v) is 7.86. The fourth-order valence-corrected chi connectivity index (χ4v) is 1.31. The van der Waals surface area contributed by atoms with Gasteiger partial charge < -0.3 is 5.32 Å². The van der Waals surface area contributed by atoms with Crippen LogP contribution in [0.3, 0.4) is 0 Å². The van der Waals surface area contributed by atoms with Crippen LogP contribution in [-0.2, 0) is 13.0 Å². The van der Waals surface area contributed by atoms with Crippen LogP contribution in [-0.4, -0.2) is 13.2 Å². The van der Waals surface area contributed by atoms with Gasteiger partial charge in [0.2, 0.25) is 0 Å². The van der Waals surface area contributed by atoms with Gasteiger partial charge in [-0.3, -0.25) is 0 Å². The van der Waals surface area contributed by atoms with Gasteiger partial charge in [0.05, 0.1) is 6.42 Å². The molecule has 0 aliphatic rings. The Bertz CT molecular complexity index is 294. The Kier molecular flexibility index (Phi) is 3.52. The van der Waals surface area contributed by atoms with Gasteiger partial charge in [0.1, 0.15) is 0 Å². The van der Waals surface area contributed by atoms with E-state index >= 15 is 0 Å². The van der Waals surface area contributed by atoms with Crippen molar-refractivity contribution in [2.75, 3.05) is 7.05 Å². The van der Waals surface area contributed by atoms with Crippen LogP contribution in [0.15, 0.2) is 24.3 Å². The lowest BCUT2D eigenvalue weighted by atomic mass is 10.0. The van der Waals surface area contributed by atoms with Gasteiger partial charge in [-0.1, -0.05) is 24.3 Å². The molecule has 0 unspecified atom stereocenters. The molecular weight excluding hydrogens is 191 g/mol. The van der Waals surface area contributed by atoms with Gasteiger partial charge in [-0.25, -0.2) is 0 Å². The first-order valence-corrected chi connectivity index (χ1v) is 4.31. The molecule has 0 aliphatic carbocycles. The molecule has 0 saturated heterocycles. The highest BCUT2D eigenvalue weighted by atomic mass is 19.4. The third-order valence-corrected chi connectivity index (χ3v) is 1.88. The van der Waals surface area contributed by atoms with Crippen molar-refractivity contribution in [1.29, 1.82) is 0 Å². The number of hydrogen-bond acceptors (Lipinski definition) is 1. The van der Waals surface area contributed by atoms with E-state index in [-0.39, 0.29) is 0 Å². The number of hydrogen-bond donors (Lipinski definition) is 1. The largest absolute Gasteiger partial charge is 0.393 e. The topological polar surface area (TPSA) is 12.0 Å². The predicted molar refractivity (Wildman–Crippen MR) is 49.0 cm³/mol. The lowest BCUT2D eigenvalue weighted by molar-refractivity contribution is -0.127. The highest BCUT2D eigenvalue weighted by molar-refractivity contribution is 5.27. The van der Waals surface area contributed by atoms with Gasteiger partial charge in [0, 0.05) is 6.54 Å². The summed E-state index contributed by atoms with van der Waals surface area (Å²) in [6.07, 6.45) is -4.99. The number of alkyl halides is 3. The van der Waals surface area contributed by atoms with Gasteiger partial charge >= 0.3 is 6.18 Å². The van der Waals surface area contributed by atoms with Gasteiger partial charge in [0.15, 0.2) is 0 Å². The molecule has 4 heteroatoms. The molecule has 0 aromatic heterocycles. The molecule has 0 amide bonds. The lowest BCUT2D eigenvalue weighted by Crippen LogP contribution is -2.15. The Balaban J connectivity index is 2.84. The summed E-state index contributed by atoms with van der Waals surface area (Å²) in [5, 5.41) is 2.84. The number of benzene rings is 1. The molecule has 0 aliphatic heterocycles. The maximum Gasteiger partial charge on any atom is 0.393 e. The van der Waals surface area contributed by atoms with Crippen LogP contribution in [0.5, 0.6) is 0 Å². The summed E-state index contributed by atoms with van der Waals surface area (Å²) in [6.45, 7) is 0.465. The first-order chi connectivity index (χ1) is 6.53. The van der Waals surface area contributed by atoms with Crippen LogP contribution in [0.25, 0.3) is 0 Å². The van der Waals surface area contributed by atoms with Gasteiger partial charge in [-0.15, -0.1) is 0 Å². The molecule has 1 N–H and O–H groups in total. The maximum absolute atomic E-state index is 12.1. The predicted octanol–water partition coefficient (Wildman–Crippen LogP) is 2.51. The molecule has 0 spiro atoms. The number of halogens is 3. The monoisotopic (exact) mass is 203 g/mol. The molecule has 0 bridgehead atoms. The number of nitrogens with one attached hydrogen (secondary N) is 1. The molecule has 1 aromatic rings. The van der Waals surface area contributed by atoms with E-state index in [1.54, 1.807) is 25.2 Å². The Labute approximate surface area is 80.9 Å². The van der Waals surface area contributed by atoms with Crippen molar-refractivity contribution in [2.24, 2.45) is 0 Å². The van der Waals surface area contributed by atoms with Crippen LogP contribution in [0.2, 0.25) is 0 Å². The fraction of sp³-hybridized carbons (Fsp3) is 0.400. The summed E-state index contributed by atoms with van der Waals surface area (Å²) in [5.41, 5.74) is 1.04. The van der Waals surface area contributed by atoms with Crippen molar-refractivity contribution in [2.45, 2.75) is 19.1 Å². The van der Waals surface area contributed by atoms with Crippen molar-refractivity contribution < 1.29 is 13.2 Å². The van der Waals surface area contributed by atoms with Crippen LogP contribution in [0, 0.1) is 0 Å². The van der Waals surface area contributed by atoms with E-state index in [1.807, 2.05) is 0 Å². The second kappa shape index (κ2) is 4.46. The summed E-state index contributed by atoms with van der Waals surface area (Å²) in [6, 6.07) is 6.59. The van der Waals surface area contributed by atoms with Gasteiger partial charge in [-0.2, -0.15) is 13.2 Å². The van der Waals surface area contributed by atoms with Crippen LogP contribution in [0.4, 0.5) is 13.2 Å². The summed E-state index contributed by atoms with van der Waals surface area (Å²) in [7, 11) is 1.71. The van der Waals surface area contributed by atoms with E-state index in [9.17, 15) is 13.2 Å². The quantitative estimate of drug-likeness (QED) is 0.795. The average molecular weight is 203 g/mol. The summed E-state index contributed by atoms with van der Waals surface area (Å²) in [4.78, 5) is 0. The van der Waals surface area contributed by atoms with E-state index in [2.05, 4.69) is 5.32 Å². The van der Waals surface area contributed by atoms with Crippen molar-refractivity contribution in [1.82, 2.24) is 5.32 Å². The normalized spacial score (nSPS) is 11.7.